The van der Waals surface area contributed by atoms with Crippen LogP contribution in [-0.2, 0) is 9.53 Å². The predicted octanol–water partition coefficient (Wildman–Crippen LogP) is 2.90. The molecule has 6 nitrogen and oxygen atoms in total. The molecule has 0 bridgehead atoms. The van der Waals surface area contributed by atoms with Gasteiger partial charge in [0.2, 0.25) is 0 Å². The molecule has 0 saturated carbocycles. The minimum Gasteiger partial charge on any atom is -0.481 e. The van der Waals surface area contributed by atoms with Crippen LogP contribution in [0.15, 0.2) is 48.6 Å². The SMILES string of the molecule is CC/C=C\C[C@H]1O[C@@H]([C@@H](O)/C=C/[C@@H](O)C/C=C\C/C=C\CCC(=O)O)C[C@@H]1O. The Labute approximate surface area is 167 Å². The number of carbonyl (C=O) groups is 1. The molecule has 158 valence electrons. The fourth-order valence-electron chi connectivity index (χ4n) is 2.87. The van der Waals surface area contributed by atoms with Gasteiger partial charge in [-0.15, -0.1) is 0 Å². The molecule has 0 aliphatic carbocycles. The highest BCUT2D eigenvalue weighted by atomic mass is 16.5. The van der Waals surface area contributed by atoms with Crippen LogP contribution in [0.2, 0.25) is 0 Å². The molecule has 0 unspecified atom stereocenters. The van der Waals surface area contributed by atoms with Crippen molar-refractivity contribution in [3.63, 3.8) is 0 Å². The lowest BCUT2D eigenvalue weighted by molar-refractivity contribution is -0.136. The van der Waals surface area contributed by atoms with Crippen molar-refractivity contribution in [1.29, 1.82) is 0 Å². The first-order chi connectivity index (χ1) is 13.4. The fraction of sp³-hybridized carbons (Fsp3) is 0.591. The molecular formula is C22H34O6. The molecule has 0 aromatic heterocycles. The van der Waals surface area contributed by atoms with Crippen LogP contribution in [0.1, 0.15) is 51.9 Å². The highest BCUT2D eigenvalue weighted by Gasteiger charge is 2.36. The minimum absolute atomic E-state index is 0.129. The Morgan fingerprint density at radius 3 is 2.57 bits per heavy atom. The summed E-state index contributed by atoms with van der Waals surface area (Å²) in [5, 5.41) is 38.7. The molecule has 1 aliphatic rings. The minimum atomic E-state index is -0.870. The molecule has 4 N–H and O–H groups in total. The Bertz CT molecular complexity index is 551. The van der Waals surface area contributed by atoms with E-state index in [0.29, 0.717) is 32.1 Å². The maximum absolute atomic E-state index is 10.4. The van der Waals surface area contributed by atoms with Crippen molar-refractivity contribution in [2.24, 2.45) is 0 Å². The van der Waals surface area contributed by atoms with Crippen molar-refractivity contribution < 1.29 is 30.0 Å². The van der Waals surface area contributed by atoms with Gasteiger partial charge in [-0.3, -0.25) is 4.79 Å². The summed E-state index contributed by atoms with van der Waals surface area (Å²) in [5.41, 5.74) is 0. The molecular weight excluding hydrogens is 360 g/mol. The van der Waals surface area contributed by atoms with Crippen molar-refractivity contribution >= 4 is 5.97 Å². The summed E-state index contributed by atoms with van der Waals surface area (Å²) in [4.78, 5) is 10.4. The summed E-state index contributed by atoms with van der Waals surface area (Å²) in [6, 6.07) is 0. The Hall–Kier alpha value is -1.73. The Kier molecular flexibility index (Phi) is 12.4. The van der Waals surface area contributed by atoms with Crippen LogP contribution >= 0.6 is 0 Å². The second-order valence-corrected chi connectivity index (χ2v) is 6.92. The monoisotopic (exact) mass is 394 g/mol. The van der Waals surface area contributed by atoms with Gasteiger partial charge in [0, 0.05) is 12.8 Å². The van der Waals surface area contributed by atoms with E-state index in [1.165, 1.54) is 12.2 Å². The highest BCUT2D eigenvalue weighted by molar-refractivity contribution is 5.66. The van der Waals surface area contributed by atoms with Gasteiger partial charge in [0.15, 0.2) is 0 Å². The van der Waals surface area contributed by atoms with Crippen molar-refractivity contribution in [3.8, 4) is 0 Å². The zero-order valence-corrected chi connectivity index (χ0v) is 16.6. The number of carboxylic acids is 1. The number of aliphatic hydroxyl groups excluding tert-OH is 3. The number of rotatable bonds is 13. The van der Waals surface area contributed by atoms with Gasteiger partial charge in [0.1, 0.15) is 0 Å². The molecule has 0 aromatic carbocycles. The third-order valence-electron chi connectivity index (χ3n) is 4.44. The third-order valence-corrected chi connectivity index (χ3v) is 4.44. The molecule has 1 fully saturated rings. The highest BCUT2D eigenvalue weighted by Crippen LogP contribution is 2.26. The van der Waals surface area contributed by atoms with Crippen LogP contribution in [-0.4, -0.2) is 56.9 Å². The maximum Gasteiger partial charge on any atom is 0.303 e. The zero-order valence-electron chi connectivity index (χ0n) is 16.6. The average molecular weight is 395 g/mol. The zero-order chi connectivity index (χ0) is 20.8. The molecule has 1 rings (SSSR count). The van der Waals surface area contributed by atoms with Gasteiger partial charge in [-0.2, -0.15) is 0 Å². The summed E-state index contributed by atoms with van der Waals surface area (Å²) in [5.74, 6) is -0.807. The Morgan fingerprint density at radius 2 is 1.86 bits per heavy atom. The van der Waals surface area contributed by atoms with Gasteiger partial charge in [-0.25, -0.2) is 0 Å². The van der Waals surface area contributed by atoms with Crippen LogP contribution in [0.3, 0.4) is 0 Å². The lowest BCUT2D eigenvalue weighted by Crippen LogP contribution is -2.24. The number of aliphatic hydroxyl groups is 3. The van der Waals surface area contributed by atoms with Crippen LogP contribution in [0.4, 0.5) is 0 Å². The molecule has 1 heterocycles. The van der Waals surface area contributed by atoms with Crippen LogP contribution < -0.4 is 0 Å². The topological polar surface area (TPSA) is 107 Å². The molecule has 28 heavy (non-hydrogen) atoms. The van der Waals surface area contributed by atoms with Gasteiger partial charge in [-0.1, -0.05) is 55.5 Å². The number of hydrogen-bond donors (Lipinski definition) is 4. The third kappa shape index (κ3) is 10.6. The molecule has 0 spiro atoms. The number of aliphatic carboxylic acids is 1. The standard InChI is InChI=1S/C22H34O6/c1-2-3-8-12-20-19(25)16-21(28-20)18(24)15-14-17(23)11-9-6-4-5-7-10-13-22(26)27/h3,5-9,14-15,17-21,23-25H,2,4,10-13,16H2,1H3,(H,26,27)/b7-5-,8-3-,9-6-,15-14+/t17-,18-,19-,20+,21+/m0/s1. The van der Waals surface area contributed by atoms with Crippen molar-refractivity contribution in [1.82, 2.24) is 0 Å². The lowest BCUT2D eigenvalue weighted by Gasteiger charge is -2.16. The molecule has 0 radical (unpaired) electrons. The van der Waals surface area contributed by atoms with E-state index in [-0.39, 0.29) is 12.5 Å². The van der Waals surface area contributed by atoms with E-state index >= 15 is 0 Å². The number of ether oxygens (including phenoxy) is 1. The second kappa shape index (κ2) is 14.3. The molecule has 1 aliphatic heterocycles. The van der Waals surface area contributed by atoms with Gasteiger partial charge in [0.05, 0.1) is 30.5 Å². The predicted molar refractivity (Wildman–Crippen MR) is 109 cm³/mol. The molecule has 1 saturated heterocycles. The first kappa shape index (κ1) is 24.3. The average Bonchev–Trinajstić information content (AvgIpc) is 3.02. The lowest BCUT2D eigenvalue weighted by atomic mass is 10.0. The summed E-state index contributed by atoms with van der Waals surface area (Å²) in [6.45, 7) is 2.04. The summed E-state index contributed by atoms with van der Waals surface area (Å²) >= 11 is 0. The van der Waals surface area contributed by atoms with Crippen LogP contribution in [0, 0.1) is 0 Å². The van der Waals surface area contributed by atoms with Crippen molar-refractivity contribution in [2.45, 2.75) is 82.4 Å². The number of carboxylic acid groups (broad SMARTS) is 1. The van der Waals surface area contributed by atoms with Gasteiger partial charge in [-0.05, 0) is 32.1 Å². The first-order valence-electron chi connectivity index (χ1n) is 9.98. The van der Waals surface area contributed by atoms with E-state index in [9.17, 15) is 20.1 Å². The van der Waals surface area contributed by atoms with Gasteiger partial charge < -0.3 is 25.2 Å². The summed E-state index contributed by atoms with van der Waals surface area (Å²) < 4.78 is 5.73. The Balaban J connectivity index is 2.28. The van der Waals surface area contributed by atoms with E-state index in [0.717, 1.165) is 6.42 Å². The quantitative estimate of drug-likeness (QED) is 0.358. The van der Waals surface area contributed by atoms with E-state index in [2.05, 4.69) is 0 Å². The fourth-order valence-corrected chi connectivity index (χ4v) is 2.87. The van der Waals surface area contributed by atoms with E-state index < -0.39 is 30.4 Å². The number of allylic oxidation sites excluding steroid dienone is 4. The van der Waals surface area contributed by atoms with E-state index in [1.807, 2.05) is 43.4 Å². The van der Waals surface area contributed by atoms with E-state index in [1.54, 1.807) is 0 Å². The molecule has 0 amide bonds. The smallest absolute Gasteiger partial charge is 0.303 e. The van der Waals surface area contributed by atoms with Crippen molar-refractivity contribution in [2.75, 3.05) is 0 Å². The maximum atomic E-state index is 10.4. The largest absolute Gasteiger partial charge is 0.481 e. The number of hydrogen-bond acceptors (Lipinski definition) is 5. The second-order valence-electron chi connectivity index (χ2n) is 6.92. The summed E-state index contributed by atoms with van der Waals surface area (Å²) in [7, 11) is 0. The first-order valence-corrected chi connectivity index (χ1v) is 9.98. The molecule has 5 atom stereocenters. The molecule has 0 aromatic rings. The van der Waals surface area contributed by atoms with Crippen LogP contribution in [0.25, 0.3) is 0 Å². The van der Waals surface area contributed by atoms with E-state index in [4.69, 9.17) is 9.84 Å². The van der Waals surface area contributed by atoms with Crippen LogP contribution in [0.5, 0.6) is 0 Å². The van der Waals surface area contributed by atoms with Crippen molar-refractivity contribution in [3.05, 3.63) is 48.6 Å². The van der Waals surface area contributed by atoms with Gasteiger partial charge in [0.25, 0.3) is 0 Å². The molecule has 6 heteroatoms. The Morgan fingerprint density at radius 1 is 1.11 bits per heavy atom. The normalized spacial score (nSPS) is 25.5. The van der Waals surface area contributed by atoms with Gasteiger partial charge >= 0.3 is 5.97 Å². The summed E-state index contributed by atoms with van der Waals surface area (Å²) in [6.07, 6.45) is 15.3.